The van der Waals surface area contributed by atoms with Gasteiger partial charge in [-0.2, -0.15) is 0 Å². The lowest BCUT2D eigenvalue weighted by Gasteiger charge is -2.44. The van der Waals surface area contributed by atoms with E-state index >= 15 is 0 Å². The van der Waals surface area contributed by atoms with Gasteiger partial charge in [0.15, 0.2) is 0 Å². The van der Waals surface area contributed by atoms with E-state index in [9.17, 15) is 4.79 Å². The summed E-state index contributed by atoms with van der Waals surface area (Å²) in [5.41, 5.74) is 5.86. The summed E-state index contributed by atoms with van der Waals surface area (Å²) in [6.45, 7) is 4.76. The van der Waals surface area contributed by atoms with Crippen LogP contribution in [0.15, 0.2) is 60.8 Å². The normalized spacial score (nSPS) is 19.1. The van der Waals surface area contributed by atoms with Crippen LogP contribution in [-0.4, -0.2) is 42.7 Å². The van der Waals surface area contributed by atoms with Gasteiger partial charge in [0, 0.05) is 61.8 Å². The molecule has 1 amide bonds. The molecular formula is C30H31N3O4. The van der Waals surface area contributed by atoms with E-state index in [1.807, 2.05) is 36.4 Å². The topological polar surface area (TPSA) is 72.9 Å². The van der Waals surface area contributed by atoms with Gasteiger partial charge in [-0.15, -0.1) is 0 Å². The highest BCUT2D eigenvalue weighted by Crippen LogP contribution is 2.44. The predicted octanol–water partition coefficient (Wildman–Crippen LogP) is 6.07. The van der Waals surface area contributed by atoms with E-state index in [4.69, 9.17) is 14.2 Å². The van der Waals surface area contributed by atoms with Crippen molar-refractivity contribution in [1.29, 1.82) is 0 Å². The highest BCUT2D eigenvalue weighted by molar-refractivity contribution is 5.89. The Bertz CT molecular complexity index is 1370. The van der Waals surface area contributed by atoms with E-state index in [1.54, 1.807) is 13.3 Å². The van der Waals surface area contributed by atoms with Crippen molar-refractivity contribution in [2.45, 2.75) is 38.2 Å². The molecule has 1 N–H and O–H groups in total. The Labute approximate surface area is 217 Å². The Hall–Kier alpha value is -3.84. The minimum Gasteiger partial charge on any atom is -0.496 e. The van der Waals surface area contributed by atoms with Crippen molar-refractivity contribution in [1.82, 2.24) is 9.88 Å². The summed E-state index contributed by atoms with van der Waals surface area (Å²) in [4.78, 5) is 19.3. The first-order chi connectivity index (χ1) is 18.0. The number of anilines is 1. The first kappa shape index (κ1) is 23.6. The Morgan fingerprint density at radius 2 is 2.03 bits per heavy atom. The molecule has 0 aliphatic carbocycles. The Morgan fingerprint density at radius 3 is 2.86 bits per heavy atom. The van der Waals surface area contributed by atoms with Gasteiger partial charge in [0.05, 0.1) is 12.8 Å². The van der Waals surface area contributed by atoms with Crippen molar-refractivity contribution in [3.63, 3.8) is 0 Å². The number of nitrogens with zero attached hydrogens (tertiary/aromatic N) is 2. The minimum atomic E-state index is -0.540. The lowest BCUT2D eigenvalue weighted by Crippen LogP contribution is -2.48. The van der Waals surface area contributed by atoms with Crippen molar-refractivity contribution in [2.75, 3.05) is 32.1 Å². The monoisotopic (exact) mass is 497 g/mol. The number of likely N-dealkylation sites (tertiary alicyclic amines) is 1. The van der Waals surface area contributed by atoms with E-state index in [-0.39, 0.29) is 6.09 Å². The number of benzene rings is 2. The number of ether oxygens (including phenoxy) is 3. The van der Waals surface area contributed by atoms with Gasteiger partial charge < -0.3 is 19.1 Å². The maximum Gasteiger partial charge on any atom is 0.412 e. The quantitative estimate of drug-likeness (QED) is 0.471. The number of piperidine rings is 1. The summed E-state index contributed by atoms with van der Waals surface area (Å²) in [5.74, 6) is 2.24. The average Bonchev–Trinajstić information content (AvgIpc) is 3.07. The lowest BCUT2D eigenvalue weighted by atomic mass is 9.81. The van der Waals surface area contributed by atoms with Crippen molar-refractivity contribution in [2.24, 2.45) is 0 Å². The molecule has 0 saturated carbocycles. The number of amides is 1. The molecular weight excluding hydrogens is 466 g/mol. The number of carbonyl (C=O) groups is 1. The molecule has 0 radical (unpaired) electrons. The molecule has 0 unspecified atom stereocenters. The Morgan fingerprint density at radius 1 is 1.16 bits per heavy atom. The van der Waals surface area contributed by atoms with Gasteiger partial charge >= 0.3 is 6.09 Å². The fourth-order valence-electron chi connectivity index (χ4n) is 5.74. The second-order valence-corrected chi connectivity index (χ2v) is 9.99. The smallest absolute Gasteiger partial charge is 0.412 e. The van der Waals surface area contributed by atoms with Crippen LogP contribution >= 0.6 is 0 Å². The number of aryl methyl sites for hydroxylation is 1. The van der Waals surface area contributed by atoms with Crippen molar-refractivity contribution < 1.29 is 19.0 Å². The zero-order valence-electron chi connectivity index (χ0n) is 21.3. The Balaban J connectivity index is 1.18. The summed E-state index contributed by atoms with van der Waals surface area (Å²) in [6.07, 6.45) is 6.92. The lowest BCUT2D eigenvalue weighted by molar-refractivity contribution is -0.0375. The van der Waals surface area contributed by atoms with Gasteiger partial charge in [-0.3, -0.25) is 5.32 Å². The first-order valence-electron chi connectivity index (χ1n) is 12.9. The van der Waals surface area contributed by atoms with Crippen LogP contribution in [0.1, 0.15) is 41.5 Å². The van der Waals surface area contributed by atoms with Crippen LogP contribution < -0.4 is 14.8 Å². The molecule has 0 bridgehead atoms. The molecule has 7 heteroatoms. The van der Waals surface area contributed by atoms with Crippen LogP contribution in [0, 0.1) is 6.92 Å². The number of allylic oxidation sites excluding steroid dienone is 1. The van der Waals surface area contributed by atoms with Crippen LogP contribution in [0.2, 0.25) is 0 Å². The molecule has 3 aliphatic heterocycles. The van der Waals surface area contributed by atoms with E-state index in [0.717, 1.165) is 79.2 Å². The van der Waals surface area contributed by atoms with E-state index in [1.165, 1.54) is 11.1 Å². The molecule has 7 nitrogen and oxygen atoms in total. The molecule has 1 spiro atoms. The number of hydrogen-bond acceptors (Lipinski definition) is 6. The molecule has 190 valence electrons. The van der Waals surface area contributed by atoms with Crippen LogP contribution in [-0.2, 0) is 16.8 Å². The number of pyridine rings is 1. The summed E-state index contributed by atoms with van der Waals surface area (Å²) in [5, 5.41) is 2.86. The van der Waals surface area contributed by atoms with Crippen LogP contribution in [0.3, 0.4) is 0 Å². The minimum absolute atomic E-state index is 0.354. The van der Waals surface area contributed by atoms with Crippen LogP contribution in [0.25, 0.3) is 5.57 Å². The summed E-state index contributed by atoms with van der Waals surface area (Å²) in [6, 6.07) is 16.1. The molecule has 2 aromatic carbocycles. The molecule has 1 aromatic heterocycles. The molecule has 1 saturated heterocycles. The van der Waals surface area contributed by atoms with E-state index < -0.39 is 5.60 Å². The maximum atomic E-state index is 12.3. The van der Waals surface area contributed by atoms with Gasteiger partial charge in [-0.1, -0.05) is 23.8 Å². The zero-order valence-corrected chi connectivity index (χ0v) is 21.3. The number of carbonyl (C=O) groups excluding carboxylic acids is 1. The number of methoxy groups -OCH3 is 1. The molecule has 4 heterocycles. The fraction of sp³-hybridized carbons (Fsp3) is 0.333. The van der Waals surface area contributed by atoms with Gasteiger partial charge in [-0.05, 0) is 55.3 Å². The third-order valence-corrected chi connectivity index (χ3v) is 7.69. The van der Waals surface area contributed by atoms with Gasteiger partial charge in [-0.25, -0.2) is 9.78 Å². The third-order valence-electron chi connectivity index (χ3n) is 7.69. The van der Waals surface area contributed by atoms with E-state index in [2.05, 4.69) is 40.3 Å². The van der Waals surface area contributed by atoms with E-state index in [0.29, 0.717) is 5.88 Å². The van der Waals surface area contributed by atoms with Gasteiger partial charge in [0.2, 0.25) is 5.88 Å². The highest BCUT2D eigenvalue weighted by atomic mass is 16.6. The molecule has 37 heavy (non-hydrogen) atoms. The summed E-state index contributed by atoms with van der Waals surface area (Å²) in [7, 11) is 1.69. The zero-order chi connectivity index (χ0) is 25.4. The highest BCUT2D eigenvalue weighted by Gasteiger charge is 2.44. The summed E-state index contributed by atoms with van der Waals surface area (Å²) >= 11 is 0. The number of aromatic nitrogens is 1. The fourth-order valence-corrected chi connectivity index (χ4v) is 5.74. The molecule has 0 atom stereocenters. The number of rotatable bonds is 4. The van der Waals surface area contributed by atoms with Crippen molar-refractivity contribution in [3.05, 3.63) is 83.1 Å². The number of hydrogen-bond donors (Lipinski definition) is 1. The van der Waals surface area contributed by atoms with Crippen molar-refractivity contribution >= 4 is 17.4 Å². The van der Waals surface area contributed by atoms with Crippen LogP contribution in [0.4, 0.5) is 10.5 Å². The number of fused-ring (bicyclic) bond motifs is 4. The number of nitrogens with one attached hydrogen (secondary N) is 1. The second-order valence-electron chi connectivity index (χ2n) is 9.99. The standard InChI is InChI=1S/C30H31N3O4/c1-20-10-11-25-24(18-20)30(37-29(34)32-25)12-16-33(17-13-30)15-5-6-21-19-23-26(35-2)8-3-9-27(23)36-28-22(21)7-4-14-31-28/h3-4,6-11,14,18H,5,12-13,15-17,19H2,1-2H3,(H,32,34)/b21-6-. The molecule has 3 aromatic rings. The maximum absolute atomic E-state index is 12.3. The SMILES string of the molecule is COc1cccc2c1C/C(=C/CCN1CCC3(CC1)OC(=O)Nc1ccc(C)cc13)c1cccnc1O2. The van der Waals surface area contributed by atoms with Gasteiger partial charge in [0.1, 0.15) is 17.1 Å². The van der Waals surface area contributed by atoms with Gasteiger partial charge in [0.25, 0.3) is 0 Å². The molecule has 3 aliphatic rings. The predicted molar refractivity (Wildman–Crippen MR) is 142 cm³/mol. The van der Waals surface area contributed by atoms with Crippen LogP contribution in [0.5, 0.6) is 17.4 Å². The van der Waals surface area contributed by atoms with Crippen molar-refractivity contribution in [3.8, 4) is 17.4 Å². The average molecular weight is 498 g/mol. The third kappa shape index (κ3) is 4.44. The first-order valence-corrected chi connectivity index (χ1v) is 12.9. The molecule has 6 rings (SSSR count). The second kappa shape index (κ2) is 9.56. The largest absolute Gasteiger partial charge is 0.496 e. The molecule has 1 fully saturated rings. The Kier molecular flexibility index (Phi) is 6.08. The summed E-state index contributed by atoms with van der Waals surface area (Å²) < 4.78 is 17.8.